The lowest BCUT2D eigenvalue weighted by Gasteiger charge is -2.29. The van der Waals surface area contributed by atoms with Crippen LogP contribution in [0.25, 0.3) is 0 Å². The Morgan fingerprint density at radius 3 is 1.67 bits per heavy atom. The van der Waals surface area contributed by atoms with Crippen LogP contribution in [0, 0.1) is 6.92 Å². The lowest BCUT2D eigenvalue weighted by molar-refractivity contribution is 0.0679. The maximum absolute atomic E-state index is 13.3. The minimum atomic E-state index is -0.446. The summed E-state index contributed by atoms with van der Waals surface area (Å²) in [5, 5.41) is 0. The number of benzene rings is 3. The first-order chi connectivity index (χ1) is 17.6. The van der Waals surface area contributed by atoms with Crippen molar-refractivity contribution in [3.8, 4) is 11.5 Å². The van der Waals surface area contributed by atoms with Crippen LogP contribution in [0.15, 0.2) is 66.7 Å². The van der Waals surface area contributed by atoms with Gasteiger partial charge in [0.15, 0.2) is 11.5 Å². The second-order valence-corrected chi connectivity index (χ2v) is 10.2. The van der Waals surface area contributed by atoms with E-state index < -0.39 is 11.9 Å². The number of esters is 2. The highest BCUT2D eigenvalue weighted by molar-refractivity contribution is 5.93. The third kappa shape index (κ3) is 5.23. The van der Waals surface area contributed by atoms with Crippen molar-refractivity contribution in [3.05, 3.63) is 94.5 Å². The summed E-state index contributed by atoms with van der Waals surface area (Å²) in [7, 11) is 0. The second-order valence-electron chi connectivity index (χ2n) is 10.2. The molecule has 2 fully saturated rings. The number of rotatable bonds is 6. The Kier molecular flexibility index (Phi) is 7.50. The topological polar surface area (TPSA) is 52.6 Å². The summed E-state index contributed by atoms with van der Waals surface area (Å²) < 4.78 is 12.2. The van der Waals surface area contributed by atoms with Crippen LogP contribution < -0.4 is 9.47 Å². The molecule has 2 saturated carbocycles. The second kappa shape index (κ2) is 11.1. The molecule has 0 heterocycles. The largest absolute Gasteiger partial charge is 0.419 e. The number of carbonyl (C=O) groups is 2. The number of carbonyl (C=O) groups excluding carboxylic acids is 2. The smallest absolute Gasteiger partial charge is 0.343 e. The monoisotopic (exact) mass is 482 g/mol. The molecule has 0 aliphatic heterocycles. The number of hydrogen-bond acceptors (Lipinski definition) is 4. The molecule has 0 atom stereocenters. The van der Waals surface area contributed by atoms with Crippen molar-refractivity contribution in [2.75, 3.05) is 0 Å². The van der Waals surface area contributed by atoms with Gasteiger partial charge in [-0.15, -0.1) is 0 Å². The van der Waals surface area contributed by atoms with E-state index in [0.29, 0.717) is 34.5 Å². The lowest BCUT2D eigenvalue weighted by Crippen LogP contribution is -2.18. The van der Waals surface area contributed by atoms with Gasteiger partial charge in [-0.2, -0.15) is 0 Å². The molecule has 4 nitrogen and oxygen atoms in total. The van der Waals surface area contributed by atoms with Crippen molar-refractivity contribution >= 4 is 11.9 Å². The minimum Gasteiger partial charge on any atom is -0.419 e. The fourth-order valence-electron chi connectivity index (χ4n) is 5.88. The molecular formula is C32H34O4. The molecule has 0 unspecified atom stereocenters. The Morgan fingerprint density at radius 2 is 1.11 bits per heavy atom. The van der Waals surface area contributed by atoms with Gasteiger partial charge in [0.25, 0.3) is 0 Å². The van der Waals surface area contributed by atoms with Crippen molar-refractivity contribution < 1.29 is 19.1 Å². The zero-order valence-corrected chi connectivity index (χ0v) is 21.0. The maximum Gasteiger partial charge on any atom is 0.343 e. The van der Waals surface area contributed by atoms with Crippen molar-refractivity contribution in [1.29, 1.82) is 0 Å². The molecule has 0 saturated heterocycles. The molecule has 0 spiro atoms. The summed E-state index contributed by atoms with van der Waals surface area (Å²) >= 11 is 0. The summed E-state index contributed by atoms with van der Waals surface area (Å²) in [5.41, 5.74) is 4.16. The fourth-order valence-corrected chi connectivity index (χ4v) is 5.88. The molecule has 0 amide bonds. The van der Waals surface area contributed by atoms with Crippen LogP contribution in [0.3, 0.4) is 0 Å². The Balaban J connectivity index is 1.63. The van der Waals surface area contributed by atoms with Gasteiger partial charge >= 0.3 is 11.9 Å². The van der Waals surface area contributed by atoms with Crippen LogP contribution in [-0.4, -0.2) is 11.9 Å². The van der Waals surface area contributed by atoms with Gasteiger partial charge in [0, 0.05) is 5.56 Å². The van der Waals surface area contributed by atoms with Gasteiger partial charge in [-0.3, -0.25) is 0 Å². The molecule has 0 radical (unpaired) electrons. The summed E-state index contributed by atoms with van der Waals surface area (Å²) in [4.78, 5) is 26.5. The van der Waals surface area contributed by atoms with E-state index in [9.17, 15) is 9.59 Å². The van der Waals surface area contributed by atoms with Gasteiger partial charge in [0.2, 0.25) is 0 Å². The molecule has 5 rings (SSSR count). The van der Waals surface area contributed by atoms with Gasteiger partial charge in [0.05, 0.1) is 11.1 Å². The first-order valence-corrected chi connectivity index (χ1v) is 13.3. The number of hydrogen-bond donors (Lipinski definition) is 0. The molecule has 186 valence electrons. The zero-order valence-electron chi connectivity index (χ0n) is 21.0. The van der Waals surface area contributed by atoms with Crippen LogP contribution in [0.1, 0.15) is 107 Å². The zero-order chi connectivity index (χ0) is 24.9. The van der Waals surface area contributed by atoms with Crippen molar-refractivity contribution in [2.24, 2.45) is 0 Å². The van der Waals surface area contributed by atoms with Crippen molar-refractivity contribution in [1.82, 2.24) is 0 Å². The molecule has 0 bridgehead atoms. The first-order valence-electron chi connectivity index (χ1n) is 13.3. The van der Waals surface area contributed by atoms with Gasteiger partial charge in [-0.1, -0.05) is 74.6 Å². The van der Waals surface area contributed by atoms with E-state index in [2.05, 4.69) is 6.07 Å². The quantitative estimate of drug-likeness (QED) is 0.263. The predicted octanol–water partition coefficient (Wildman–Crippen LogP) is 8.14. The highest BCUT2D eigenvalue weighted by Gasteiger charge is 2.33. The van der Waals surface area contributed by atoms with Gasteiger partial charge in [-0.05, 0) is 79.8 Å². The van der Waals surface area contributed by atoms with E-state index in [4.69, 9.17) is 9.47 Å². The molecule has 4 heteroatoms. The van der Waals surface area contributed by atoms with Crippen molar-refractivity contribution in [2.45, 2.75) is 76.5 Å². The molecule has 3 aromatic carbocycles. The van der Waals surface area contributed by atoms with E-state index in [0.717, 1.165) is 49.7 Å². The van der Waals surface area contributed by atoms with Gasteiger partial charge in [-0.25, -0.2) is 9.59 Å². The fraction of sp³-hybridized carbons (Fsp3) is 0.375. The summed E-state index contributed by atoms with van der Waals surface area (Å²) in [5.74, 6) is 0.692. The lowest BCUT2D eigenvalue weighted by atomic mass is 9.78. The minimum absolute atomic E-state index is 0.301. The Labute approximate surface area is 213 Å². The van der Waals surface area contributed by atoms with E-state index in [1.807, 2.05) is 43.3 Å². The highest BCUT2D eigenvalue weighted by Crippen LogP contribution is 2.50. The average molecular weight is 483 g/mol. The third-order valence-corrected chi connectivity index (χ3v) is 7.71. The van der Waals surface area contributed by atoms with Gasteiger partial charge < -0.3 is 9.47 Å². The van der Waals surface area contributed by atoms with Crippen LogP contribution in [0.2, 0.25) is 0 Å². The number of ether oxygens (including phenoxy) is 2. The van der Waals surface area contributed by atoms with Gasteiger partial charge in [0.1, 0.15) is 0 Å². The molecule has 2 aliphatic carbocycles. The molecular weight excluding hydrogens is 448 g/mol. The van der Waals surface area contributed by atoms with E-state index in [-0.39, 0.29) is 0 Å². The molecule has 2 aliphatic rings. The summed E-state index contributed by atoms with van der Waals surface area (Å²) in [6.45, 7) is 1.96. The van der Waals surface area contributed by atoms with Crippen molar-refractivity contribution in [3.63, 3.8) is 0 Å². The average Bonchev–Trinajstić information content (AvgIpc) is 3.46. The van der Waals surface area contributed by atoms with Crippen LogP contribution >= 0.6 is 0 Å². The standard InChI is InChI=1S/C32H34O4/c1-22-21-27(23-13-5-2-6-14-23)28(24-15-11-12-16-24)30(36-32(34)26-19-9-4-10-20-26)29(22)35-31(33)25-17-7-3-8-18-25/h3-4,7-10,17-21,23-24H,2,5-6,11-16H2,1H3. The first kappa shape index (κ1) is 24.3. The maximum atomic E-state index is 13.3. The normalized spacial score (nSPS) is 16.6. The highest BCUT2D eigenvalue weighted by atomic mass is 16.6. The Morgan fingerprint density at radius 1 is 0.639 bits per heavy atom. The van der Waals surface area contributed by atoms with E-state index in [1.54, 1.807) is 24.3 Å². The van der Waals surface area contributed by atoms with Crippen LogP contribution in [0.5, 0.6) is 11.5 Å². The SMILES string of the molecule is Cc1cc(C2CCCCC2)c(C2CCCC2)c(OC(=O)c2ccccc2)c1OC(=O)c1ccccc1. The van der Waals surface area contributed by atoms with Crippen LogP contribution in [-0.2, 0) is 0 Å². The summed E-state index contributed by atoms with van der Waals surface area (Å²) in [6, 6.07) is 20.2. The molecule has 0 aromatic heterocycles. The Hall–Kier alpha value is -3.40. The Bertz CT molecular complexity index is 1200. The molecule has 3 aromatic rings. The van der Waals surface area contributed by atoms with Crippen LogP contribution in [0.4, 0.5) is 0 Å². The summed E-state index contributed by atoms with van der Waals surface area (Å²) in [6.07, 6.45) is 10.5. The van der Waals surface area contributed by atoms with E-state index >= 15 is 0 Å². The molecule has 36 heavy (non-hydrogen) atoms. The predicted molar refractivity (Wildman–Crippen MR) is 141 cm³/mol. The van der Waals surface area contributed by atoms with E-state index in [1.165, 1.54) is 24.8 Å². The third-order valence-electron chi connectivity index (χ3n) is 7.71. The number of aryl methyl sites for hydroxylation is 1. The molecule has 0 N–H and O–H groups in total.